The Labute approximate surface area is 101 Å². The minimum Gasteiger partial charge on any atom is -0.383 e. The van der Waals surface area contributed by atoms with Crippen molar-refractivity contribution in [3.63, 3.8) is 0 Å². The summed E-state index contributed by atoms with van der Waals surface area (Å²) < 4.78 is 1.85. The fourth-order valence-corrected chi connectivity index (χ4v) is 1.64. The monoisotopic (exact) mass is 228 g/mol. The van der Waals surface area contributed by atoms with E-state index in [-0.39, 0.29) is 6.04 Å². The first-order valence-corrected chi connectivity index (χ1v) is 5.62. The van der Waals surface area contributed by atoms with Gasteiger partial charge in [-0.25, -0.2) is 0 Å². The summed E-state index contributed by atoms with van der Waals surface area (Å²) in [6.45, 7) is 2.76. The Morgan fingerprint density at radius 2 is 2.12 bits per heavy atom. The highest BCUT2D eigenvalue weighted by Gasteiger charge is 2.03. The third-order valence-electron chi connectivity index (χ3n) is 2.44. The van der Waals surface area contributed by atoms with Crippen molar-refractivity contribution in [3.05, 3.63) is 54.4 Å². The molecule has 0 saturated carbocycles. The van der Waals surface area contributed by atoms with Crippen LogP contribution >= 0.6 is 0 Å². The number of aromatic nitrogens is 2. The molecule has 88 valence electrons. The molecule has 0 bridgehead atoms. The Balaban J connectivity index is 2.04. The normalized spacial score (nSPS) is 13.6. The van der Waals surface area contributed by atoms with Gasteiger partial charge in [0.25, 0.3) is 0 Å². The summed E-state index contributed by atoms with van der Waals surface area (Å²) in [5, 5.41) is 4.14. The van der Waals surface area contributed by atoms with Gasteiger partial charge in [0.2, 0.25) is 0 Å². The largest absolute Gasteiger partial charge is 0.383 e. The van der Waals surface area contributed by atoms with E-state index in [1.54, 1.807) is 6.20 Å². The molecule has 1 atom stereocenters. The summed E-state index contributed by atoms with van der Waals surface area (Å²) >= 11 is 0. The number of hydrogen-bond donors (Lipinski definition) is 1. The average molecular weight is 228 g/mol. The van der Waals surface area contributed by atoms with Crippen molar-refractivity contribution in [2.45, 2.75) is 19.5 Å². The second kappa shape index (κ2) is 5.30. The van der Waals surface area contributed by atoms with Crippen molar-refractivity contribution in [2.75, 3.05) is 0 Å². The summed E-state index contributed by atoms with van der Waals surface area (Å²) in [6, 6.07) is 11.8. The molecule has 0 aliphatic carbocycles. The van der Waals surface area contributed by atoms with Crippen molar-refractivity contribution in [1.82, 2.24) is 9.78 Å². The standard InChI is InChI=1S/C13H16N4/c1-11(10-17-9-5-8-15-17)16-13(14)12-6-3-2-4-7-12/h2-9,11H,10H2,1H3,(H2,14,16). The number of benzene rings is 1. The van der Waals surface area contributed by atoms with E-state index < -0.39 is 0 Å². The molecule has 2 aromatic rings. The molecule has 2 N–H and O–H groups in total. The van der Waals surface area contributed by atoms with Crippen molar-refractivity contribution in [3.8, 4) is 0 Å². The quantitative estimate of drug-likeness (QED) is 0.639. The van der Waals surface area contributed by atoms with Gasteiger partial charge in [-0.15, -0.1) is 0 Å². The smallest absolute Gasteiger partial charge is 0.125 e. The highest BCUT2D eigenvalue weighted by atomic mass is 15.3. The lowest BCUT2D eigenvalue weighted by Crippen LogP contribution is -2.19. The van der Waals surface area contributed by atoms with Crippen molar-refractivity contribution >= 4 is 5.84 Å². The van der Waals surface area contributed by atoms with Crippen molar-refractivity contribution < 1.29 is 0 Å². The predicted octanol–water partition coefficient (Wildman–Crippen LogP) is 1.68. The van der Waals surface area contributed by atoms with Gasteiger partial charge in [-0.05, 0) is 13.0 Å². The van der Waals surface area contributed by atoms with E-state index >= 15 is 0 Å². The van der Waals surface area contributed by atoms with Gasteiger partial charge in [0.15, 0.2) is 0 Å². The molecule has 17 heavy (non-hydrogen) atoms. The van der Waals surface area contributed by atoms with Crippen molar-refractivity contribution in [2.24, 2.45) is 10.7 Å². The summed E-state index contributed by atoms with van der Waals surface area (Å²) in [5.41, 5.74) is 6.90. The Morgan fingerprint density at radius 1 is 1.35 bits per heavy atom. The van der Waals surface area contributed by atoms with Crippen LogP contribution < -0.4 is 5.73 Å². The maximum absolute atomic E-state index is 5.95. The zero-order valence-corrected chi connectivity index (χ0v) is 9.82. The van der Waals surface area contributed by atoms with E-state index in [2.05, 4.69) is 10.1 Å². The van der Waals surface area contributed by atoms with Gasteiger partial charge in [-0.3, -0.25) is 9.67 Å². The Morgan fingerprint density at radius 3 is 2.76 bits per heavy atom. The SMILES string of the molecule is CC(Cn1cccn1)N=C(N)c1ccccc1. The number of nitrogens with zero attached hydrogens (tertiary/aromatic N) is 3. The van der Waals surface area contributed by atoms with E-state index in [0.29, 0.717) is 5.84 Å². The maximum atomic E-state index is 5.95. The molecule has 1 unspecified atom stereocenters. The molecule has 4 nitrogen and oxygen atoms in total. The zero-order valence-electron chi connectivity index (χ0n) is 9.82. The van der Waals surface area contributed by atoms with Crippen LogP contribution in [0.2, 0.25) is 0 Å². The summed E-state index contributed by atoms with van der Waals surface area (Å²) in [7, 11) is 0. The lowest BCUT2D eigenvalue weighted by Gasteiger charge is -2.08. The van der Waals surface area contributed by atoms with Crippen LogP contribution in [0.15, 0.2) is 53.8 Å². The number of hydrogen-bond acceptors (Lipinski definition) is 2. The van der Waals surface area contributed by atoms with Crippen LogP contribution in [0.25, 0.3) is 0 Å². The maximum Gasteiger partial charge on any atom is 0.125 e. The summed E-state index contributed by atoms with van der Waals surface area (Å²) in [4.78, 5) is 4.46. The van der Waals surface area contributed by atoms with Gasteiger partial charge in [0, 0.05) is 18.0 Å². The first-order chi connectivity index (χ1) is 8.25. The van der Waals surface area contributed by atoms with Crippen LogP contribution in [-0.2, 0) is 6.54 Å². The molecule has 0 fully saturated rings. The van der Waals surface area contributed by atoms with Crippen LogP contribution in [-0.4, -0.2) is 21.7 Å². The molecule has 4 heteroatoms. The van der Waals surface area contributed by atoms with Gasteiger partial charge in [-0.1, -0.05) is 30.3 Å². The predicted molar refractivity (Wildman–Crippen MR) is 68.9 cm³/mol. The number of amidine groups is 1. The minimum absolute atomic E-state index is 0.107. The number of nitrogens with two attached hydrogens (primary N) is 1. The van der Waals surface area contributed by atoms with Crippen LogP contribution in [0, 0.1) is 0 Å². The van der Waals surface area contributed by atoms with Crippen LogP contribution in [0.4, 0.5) is 0 Å². The fraction of sp³-hybridized carbons (Fsp3) is 0.231. The third kappa shape index (κ3) is 3.17. The van der Waals surface area contributed by atoms with Gasteiger partial charge < -0.3 is 5.73 Å². The molecule has 0 radical (unpaired) electrons. The highest BCUT2D eigenvalue weighted by Crippen LogP contribution is 2.01. The Kier molecular flexibility index (Phi) is 3.55. The molecular formula is C13H16N4. The van der Waals surface area contributed by atoms with Gasteiger partial charge >= 0.3 is 0 Å². The second-order valence-corrected chi connectivity index (χ2v) is 3.96. The van der Waals surface area contributed by atoms with E-state index in [1.165, 1.54) is 0 Å². The lowest BCUT2D eigenvalue weighted by atomic mass is 10.2. The highest BCUT2D eigenvalue weighted by molar-refractivity contribution is 5.97. The fourth-order valence-electron chi connectivity index (χ4n) is 1.64. The Hall–Kier alpha value is -2.10. The van der Waals surface area contributed by atoms with Crippen LogP contribution in [0.1, 0.15) is 12.5 Å². The van der Waals surface area contributed by atoms with Crippen LogP contribution in [0.3, 0.4) is 0 Å². The molecule has 1 aromatic heterocycles. The lowest BCUT2D eigenvalue weighted by molar-refractivity contribution is 0.540. The molecule has 0 amide bonds. The summed E-state index contributed by atoms with van der Waals surface area (Å²) in [5.74, 6) is 0.574. The summed E-state index contributed by atoms with van der Waals surface area (Å²) in [6.07, 6.45) is 3.68. The van der Waals surface area contributed by atoms with E-state index in [9.17, 15) is 0 Å². The zero-order chi connectivity index (χ0) is 12.1. The molecule has 0 aliphatic heterocycles. The first-order valence-electron chi connectivity index (χ1n) is 5.62. The average Bonchev–Trinajstić information content (AvgIpc) is 2.82. The molecular weight excluding hydrogens is 212 g/mol. The molecule has 0 aliphatic rings. The van der Waals surface area contributed by atoms with E-state index in [0.717, 1.165) is 12.1 Å². The number of aliphatic imine (C=N–C) groups is 1. The molecule has 1 aromatic carbocycles. The second-order valence-electron chi connectivity index (χ2n) is 3.96. The molecule has 1 heterocycles. The number of rotatable bonds is 4. The van der Waals surface area contributed by atoms with E-state index in [4.69, 9.17) is 5.73 Å². The third-order valence-corrected chi connectivity index (χ3v) is 2.44. The van der Waals surface area contributed by atoms with Gasteiger partial charge in [0.05, 0.1) is 12.6 Å². The topological polar surface area (TPSA) is 56.2 Å². The molecule has 0 spiro atoms. The minimum atomic E-state index is 0.107. The van der Waals surface area contributed by atoms with Crippen molar-refractivity contribution in [1.29, 1.82) is 0 Å². The molecule has 0 saturated heterocycles. The Bertz CT molecular complexity index is 473. The van der Waals surface area contributed by atoms with Gasteiger partial charge in [0.1, 0.15) is 5.84 Å². The molecule has 2 rings (SSSR count). The van der Waals surface area contributed by atoms with E-state index in [1.807, 2.05) is 54.2 Å². The van der Waals surface area contributed by atoms with Crippen LogP contribution in [0.5, 0.6) is 0 Å². The first kappa shape index (κ1) is 11.4. The van der Waals surface area contributed by atoms with Gasteiger partial charge in [-0.2, -0.15) is 5.10 Å².